The van der Waals surface area contributed by atoms with E-state index in [9.17, 15) is 9.59 Å². The number of carbonyl (C=O) groups is 2. The number of hydrogen-bond donors (Lipinski definition) is 1. The molecule has 1 aromatic carbocycles. The van der Waals surface area contributed by atoms with Crippen LogP contribution in [0, 0.1) is 12.8 Å². The number of anilines is 1. The molecule has 1 atom stereocenters. The van der Waals surface area contributed by atoms with E-state index < -0.39 is 0 Å². The summed E-state index contributed by atoms with van der Waals surface area (Å²) in [6, 6.07) is 5.54. The lowest BCUT2D eigenvalue weighted by molar-refractivity contribution is -0.127. The van der Waals surface area contributed by atoms with Crippen molar-refractivity contribution >= 4 is 29.1 Å². The molecule has 2 rings (SSSR count). The van der Waals surface area contributed by atoms with Crippen LogP contribution < -0.4 is 10.2 Å². The molecule has 4 nitrogen and oxygen atoms in total. The third-order valence-corrected chi connectivity index (χ3v) is 4.72. The molecular formula is C17H23ClN2O2. The Morgan fingerprint density at radius 3 is 2.73 bits per heavy atom. The van der Waals surface area contributed by atoms with Gasteiger partial charge in [-0.25, -0.2) is 0 Å². The van der Waals surface area contributed by atoms with Crippen molar-refractivity contribution in [1.82, 2.24) is 5.32 Å². The first-order valence-corrected chi connectivity index (χ1v) is 8.00. The van der Waals surface area contributed by atoms with Crippen molar-refractivity contribution in [3.63, 3.8) is 0 Å². The summed E-state index contributed by atoms with van der Waals surface area (Å²) in [5.74, 6) is -0.395. The monoisotopic (exact) mass is 322 g/mol. The van der Waals surface area contributed by atoms with Gasteiger partial charge in [0.1, 0.15) is 0 Å². The molecule has 1 saturated heterocycles. The summed E-state index contributed by atoms with van der Waals surface area (Å²) in [5, 5.41) is 3.65. The van der Waals surface area contributed by atoms with Crippen LogP contribution in [0.5, 0.6) is 0 Å². The average Bonchev–Trinajstić information content (AvgIpc) is 2.84. The van der Waals surface area contributed by atoms with Gasteiger partial charge in [-0.3, -0.25) is 9.59 Å². The van der Waals surface area contributed by atoms with E-state index in [1.807, 2.05) is 39.8 Å². The first-order valence-electron chi connectivity index (χ1n) is 7.62. The third-order valence-electron chi connectivity index (χ3n) is 4.31. The molecule has 0 unspecified atom stereocenters. The molecule has 1 aromatic rings. The average molecular weight is 323 g/mol. The molecule has 0 bridgehead atoms. The fraction of sp³-hybridized carbons (Fsp3) is 0.529. The highest BCUT2D eigenvalue weighted by Crippen LogP contribution is 2.29. The molecule has 0 aromatic heterocycles. The van der Waals surface area contributed by atoms with Crippen molar-refractivity contribution < 1.29 is 9.59 Å². The van der Waals surface area contributed by atoms with Gasteiger partial charge in [0.15, 0.2) is 0 Å². The number of nitrogens with zero attached hydrogens (tertiary/aromatic N) is 1. The highest BCUT2D eigenvalue weighted by molar-refractivity contribution is 6.31. The number of nitrogens with one attached hydrogen (secondary N) is 1. The summed E-state index contributed by atoms with van der Waals surface area (Å²) in [4.78, 5) is 26.2. The molecule has 2 amide bonds. The lowest BCUT2D eigenvalue weighted by Gasteiger charge is -2.26. The van der Waals surface area contributed by atoms with Crippen molar-refractivity contribution in [2.45, 2.75) is 46.1 Å². The topological polar surface area (TPSA) is 49.4 Å². The Balaban J connectivity index is 2.10. The number of halogens is 1. The van der Waals surface area contributed by atoms with Gasteiger partial charge in [0.2, 0.25) is 11.8 Å². The molecular weight excluding hydrogens is 300 g/mol. The van der Waals surface area contributed by atoms with Gasteiger partial charge in [0.25, 0.3) is 0 Å². The van der Waals surface area contributed by atoms with Crippen molar-refractivity contribution in [2.24, 2.45) is 5.92 Å². The smallest absolute Gasteiger partial charge is 0.227 e. The van der Waals surface area contributed by atoms with E-state index in [2.05, 4.69) is 5.32 Å². The maximum Gasteiger partial charge on any atom is 0.227 e. The molecule has 1 aliphatic heterocycles. The minimum absolute atomic E-state index is 0.0330. The predicted octanol–water partition coefficient (Wildman–Crippen LogP) is 3.31. The van der Waals surface area contributed by atoms with E-state index in [1.165, 1.54) is 0 Å². The minimum atomic E-state index is -0.307. The second kappa shape index (κ2) is 6.29. The Bertz CT molecular complexity index is 598. The Morgan fingerprint density at radius 2 is 2.14 bits per heavy atom. The number of benzene rings is 1. The second-order valence-electron chi connectivity index (χ2n) is 6.57. The van der Waals surface area contributed by atoms with Crippen LogP contribution in [-0.2, 0) is 9.59 Å². The van der Waals surface area contributed by atoms with Crippen LogP contribution in [-0.4, -0.2) is 23.9 Å². The molecule has 5 heteroatoms. The van der Waals surface area contributed by atoms with Gasteiger partial charge in [-0.15, -0.1) is 0 Å². The van der Waals surface area contributed by atoms with Gasteiger partial charge in [0, 0.05) is 29.2 Å². The SMILES string of the molecule is CCC(C)(C)NC(=O)[C@@H]1CC(=O)N(c2ccc(C)c(Cl)c2)C1. The zero-order valence-corrected chi connectivity index (χ0v) is 14.3. The number of aryl methyl sites for hydroxylation is 1. The van der Waals surface area contributed by atoms with E-state index in [4.69, 9.17) is 11.6 Å². The van der Waals surface area contributed by atoms with Gasteiger partial charge in [-0.1, -0.05) is 24.6 Å². The molecule has 0 spiro atoms. The Kier molecular flexibility index (Phi) is 4.81. The number of rotatable bonds is 4. The van der Waals surface area contributed by atoms with E-state index >= 15 is 0 Å². The quantitative estimate of drug-likeness (QED) is 0.924. The third kappa shape index (κ3) is 3.61. The highest BCUT2D eigenvalue weighted by Gasteiger charge is 2.36. The lowest BCUT2D eigenvalue weighted by Crippen LogP contribution is -2.46. The Labute approximate surface area is 136 Å². The van der Waals surface area contributed by atoms with E-state index in [0.29, 0.717) is 11.6 Å². The van der Waals surface area contributed by atoms with Crippen LogP contribution in [0.15, 0.2) is 18.2 Å². The first kappa shape index (κ1) is 16.8. The van der Waals surface area contributed by atoms with Crippen LogP contribution in [0.4, 0.5) is 5.69 Å². The van der Waals surface area contributed by atoms with Crippen LogP contribution in [0.2, 0.25) is 5.02 Å². The Morgan fingerprint density at radius 1 is 1.45 bits per heavy atom. The number of hydrogen-bond acceptors (Lipinski definition) is 2. The fourth-order valence-electron chi connectivity index (χ4n) is 2.41. The van der Waals surface area contributed by atoms with Gasteiger partial charge >= 0.3 is 0 Å². The normalized spacial score (nSPS) is 18.7. The van der Waals surface area contributed by atoms with Gasteiger partial charge in [-0.2, -0.15) is 0 Å². The van der Waals surface area contributed by atoms with Crippen LogP contribution in [0.1, 0.15) is 39.2 Å². The molecule has 22 heavy (non-hydrogen) atoms. The van der Waals surface area contributed by atoms with Gasteiger partial charge in [0.05, 0.1) is 5.92 Å². The van der Waals surface area contributed by atoms with Crippen LogP contribution in [0.25, 0.3) is 0 Å². The summed E-state index contributed by atoms with van der Waals surface area (Å²) in [6.07, 6.45) is 1.09. The van der Waals surface area contributed by atoms with Crippen molar-refractivity contribution in [3.05, 3.63) is 28.8 Å². The number of carbonyl (C=O) groups excluding carboxylic acids is 2. The molecule has 1 aliphatic rings. The van der Waals surface area contributed by atoms with E-state index in [0.717, 1.165) is 17.7 Å². The molecule has 120 valence electrons. The largest absolute Gasteiger partial charge is 0.351 e. The predicted molar refractivity (Wildman–Crippen MR) is 89.2 cm³/mol. The molecule has 0 saturated carbocycles. The van der Waals surface area contributed by atoms with Crippen molar-refractivity contribution in [2.75, 3.05) is 11.4 Å². The summed E-state index contributed by atoms with van der Waals surface area (Å²) in [6.45, 7) is 8.32. The van der Waals surface area contributed by atoms with Crippen LogP contribution in [0.3, 0.4) is 0 Å². The lowest BCUT2D eigenvalue weighted by atomic mass is 9.99. The second-order valence-corrected chi connectivity index (χ2v) is 6.97. The molecule has 1 fully saturated rings. The summed E-state index contributed by atoms with van der Waals surface area (Å²) in [5.41, 5.74) is 1.47. The maximum atomic E-state index is 12.3. The van der Waals surface area contributed by atoms with Crippen molar-refractivity contribution in [3.8, 4) is 0 Å². The molecule has 1 heterocycles. The van der Waals surface area contributed by atoms with Crippen LogP contribution >= 0.6 is 11.6 Å². The van der Waals surface area contributed by atoms with Gasteiger partial charge < -0.3 is 10.2 Å². The van der Waals surface area contributed by atoms with Gasteiger partial charge in [-0.05, 0) is 44.9 Å². The standard InChI is InChI=1S/C17H23ClN2O2/c1-5-17(3,4)19-16(22)12-8-15(21)20(10-12)13-7-6-11(2)14(18)9-13/h6-7,9,12H,5,8,10H2,1-4H3,(H,19,22)/t12-/m1/s1. The zero-order valence-electron chi connectivity index (χ0n) is 13.6. The first-order chi connectivity index (χ1) is 10.2. The van der Waals surface area contributed by atoms with E-state index in [1.54, 1.807) is 11.0 Å². The summed E-state index contributed by atoms with van der Waals surface area (Å²) in [7, 11) is 0. The summed E-state index contributed by atoms with van der Waals surface area (Å²) < 4.78 is 0. The minimum Gasteiger partial charge on any atom is -0.351 e. The molecule has 0 aliphatic carbocycles. The fourth-order valence-corrected chi connectivity index (χ4v) is 2.58. The zero-order chi connectivity index (χ0) is 16.5. The maximum absolute atomic E-state index is 12.3. The Hall–Kier alpha value is -1.55. The highest BCUT2D eigenvalue weighted by atomic mass is 35.5. The molecule has 1 N–H and O–H groups in total. The summed E-state index contributed by atoms with van der Waals surface area (Å²) >= 11 is 6.13. The number of amides is 2. The molecule has 0 radical (unpaired) electrons. The van der Waals surface area contributed by atoms with E-state index in [-0.39, 0.29) is 29.7 Å². The van der Waals surface area contributed by atoms with Crippen molar-refractivity contribution in [1.29, 1.82) is 0 Å².